The molecule has 0 spiro atoms. The van der Waals surface area contributed by atoms with E-state index in [1.807, 2.05) is 25.1 Å². The van der Waals surface area contributed by atoms with Crippen LogP contribution < -0.4 is 5.32 Å². The van der Waals surface area contributed by atoms with Crippen molar-refractivity contribution in [2.75, 3.05) is 12.4 Å². The molecule has 0 bridgehead atoms. The van der Waals surface area contributed by atoms with Gasteiger partial charge in [-0.15, -0.1) is 0 Å². The predicted molar refractivity (Wildman–Crippen MR) is 88.0 cm³/mol. The summed E-state index contributed by atoms with van der Waals surface area (Å²) in [5.74, 6) is -0.0613. The number of esters is 1. The van der Waals surface area contributed by atoms with Gasteiger partial charge in [-0.05, 0) is 44.7 Å². The van der Waals surface area contributed by atoms with E-state index in [4.69, 9.17) is 4.74 Å². The molecule has 0 unspecified atom stereocenters. The lowest BCUT2D eigenvalue weighted by atomic mass is 10.1. The van der Waals surface area contributed by atoms with Crippen LogP contribution in [0.15, 0.2) is 24.3 Å². The van der Waals surface area contributed by atoms with Crippen LogP contribution in [0.25, 0.3) is 10.9 Å². The SMILES string of the molecule is COC(=O)[C@H]1CC[C@@H](Nc2c(C)c(C)nc3ccccc23)C1. The summed E-state index contributed by atoms with van der Waals surface area (Å²) in [6, 6.07) is 8.50. The molecule has 4 nitrogen and oxygen atoms in total. The number of rotatable bonds is 3. The molecule has 22 heavy (non-hydrogen) atoms. The fourth-order valence-electron chi connectivity index (χ4n) is 3.31. The molecule has 1 saturated carbocycles. The van der Waals surface area contributed by atoms with Crippen molar-refractivity contribution in [3.63, 3.8) is 0 Å². The van der Waals surface area contributed by atoms with E-state index >= 15 is 0 Å². The molecule has 2 aromatic rings. The highest BCUT2D eigenvalue weighted by Crippen LogP contribution is 2.33. The van der Waals surface area contributed by atoms with Gasteiger partial charge in [-0.3, -0.25) is 9.78 Å². The Morgan fingerprint density at radius 3 is 2.82 bits per heavy atom. The number of carbonyl (C=O) groups excluding carboxylic acids is 1. The first-order valence-corrected chi connectivity index (χ1v) is 7.80. The number of nitrogens with one attached hydrogen (secondary N) is 1. The number of hydrogen-bond donors (Lipinski definition) is 1. The van der Waals surface area contributed by atoms with Gasteiger partial charge in [0.1, 0.15) is 0 Å². The van der Waals surface area contributed by atoms with E-state index in [2.05, 4.69) is 23.3 Å². The minimum atomic E-state index is -0.0863. The lowest BCUT2D eigenvalue weighted by Crippen LogP contribution is -2.19. The van der Waals surface area contributed by atoms with Gasteiger partial charge in [-0.25, -0.2) is 0 Å². The number of aryl methyl sites for hydroxylation is 1. The van der Waals surface area contributed by atoms with Crippen molar-refractivity contribution >= 4 is 22.6 Å². The van der Waals surface area contributed by atoms with E-state index in [1.54, 1.807) is 0 Å². The monoisotopic (exact) mass is 298 g/mol. The molecule has 0 amide bonds. The number of fused-ring (bicyclic) bond motifs is 1. The van der Waals surface area contributed by atoms with E-state index in [1.165, 1.54) is 12.7 Å². The molecule has 1 fully saturated rings. The first kappa shape index (κ1) is 14.8. The van der Waals surface area contributed by atoms with Gasteiger partial charge in [0.25, 0.3) is 0 Å². The molecule has 4 heteroatoms. The number of hydrogen-bond acceptors (Lipinski definition) is 4. The Balaban J connectivity index is 1.88. The quantitative estimate of drug-likeness (QED) is 0.880. The lowest BCUT2D eigenvalue weighted by molar-refractivity contribution is -0.145. The number of nitrogens with zero attached hydrogens (tertiary/aromatic N) is 1. The summed E-state index contributed by atoms with van der Waals surface area (Å²) in [5.41, 5.74) is 4.39. The predicted octanol–water partition coefficient (Wildman–Crippen LogP) is 3.61. The molecular weight excluding hydrogens is 276 g/mol. The molecule has 1 aliphatic rings. The zero-order chi connectivity index (χ0) is 15.7. The molecule has 0 radical (unpaired) electrons. The van der Waals surface area contributed by atoms with Gasteiger partial charge in [0.05, 0.1) is 18.5 Å². The molecule has 2 atom stereocenters. The Morgan fingerprint density at radius 1 is 1.27 bits per heavy atom. The van der Waals surface area contributed by atoms with Crippen LogP contribution in [0.2, 0.25) is 0 Å². The van der Waals surface area contributed by atoms with Crippen molar-refractivity contribution in [3.05, 3.63) is 35.5 Å². The summed E-state index contributed by atoms with van der Waals surface area (Å²) < 4.78 is 4.87. The second kappa shape index (κ2) is 5.95. The first-order chi connectivity index (χ1) is 10.6. The summed E-state index contributed by atoms with van der Waals surface area (Å²) >= 11 is 0. The van der Waals surface area contributed by atoms with Crippen molar-refractivity contribution in [1.29, 1.82) is 0 Å². The summed E-state index contributed by atoms with van der Waals surface area (Å²) in [5, 5.41) is 4.80. The van der Waals surface area contributed by atoms with Gasteiger partial charge in [0, 0.05) is 22.8 Å². The molecule has 116 valence electrons. The van der Waals surface area contributed by atoms with Gasteiger partial charge >= 0.3 is 5.97 Å². The van der Waals surface area contributed by atoms with Crippen LogP contribution in [0.3, 0.4) is 0 Å². The number of aromatic nitrogens is 1. The molecule has 3 rings (SSSR count). The van der Waals surface area contributed by atoms with Crippen molar-refractivity contribution < 1.29 is 9.53 Å². The fraction of sp³-hybridized carbons (Fsp3) is 0.444. The number of carbonyl (C=O) groups is 1. The minimum Gasteiger partial charge on any atom is -0.469 e. The third kappa shape index (κ3) is 2.65. The number of para-hydroxylation sites is 1. The Hall–Kier alpha value is -2.10. The molecular formula is C18H22N2O2. The van der Waals surface area contributed by atoms with Gasteiger partial charge in [-0.1, -0.05) is 18.2 Å². The average Bonchev–Trinajstić information content (AvgIpc) is 2.99. The van der Waals surface area contributed by atoms with E-state index in [0.717, 1.165) is 41.5 Å². The Labute approximate surface area is 130 Å². The van der Waals surface area contributed by atoms with E-state index in [0.29, 0.717) is 6.04 Å². The minimum absolute atomic E-state index is 0.0250. The summed E-state index contributed by atoms with van der Waals surface area (Å²) in [6.07, 6.45) is 2.72. The smallest absolute Gasteiger partial charge is 0.308 e. The van der Waals surface area contributed by atoms with E-state index in [9.17, 15) is 4.79 Å². The van der Waals surface area contributed by atoms with Crippen molar-refractivity contribution in [2.45, 2.75) is 39.2 Å². The Kier molecular flexibility index (Phi) is 4.01. The van der Waals surface area contributed by atoms with E-state index < -0.39 is 0 Å². The summed E-state index contributed by atoms with van der Waals surface area (Å²) in [7, 11) is 1.47. The summed E-state index contributed by atoms with van der Waals surface area (Å²) in [4.78, 5) is 16.3. The number of anilines is 1. The third-order valence-electron chi connectivity index (χ3n) is 4.69. The zero-order valence-electron chi connectivity index (χ0n) is 13.3. The number of ether oxygens (including phenoxy) is 1. The zero-order valence-corrected chi connectivity index (χ0v) is 13.3. The van der Waals surface area contributed by atoms with Crippen LogP contribution in [0.1, 0.15) is 30.5 Å². The van der Waals surface area contributed by atoms with Crippen LogP contribution in [-0.2, 0) is 9.53 Å². The Bertz CT molecular complexity index is 712. The summed E-state index contributed by atoms with van der Waals surface area (Å²) in [6.45, 7) is 4.14. The van der Waals surface area contributed by atoms with Crippen LogP contribution in [0.5, 0.6) is 0 Å². The van der Waals surface area contributed by atoms with Crippen LogP contribution in [0, 0.1) is 19.8 Å². The second-order valence-electron chi connectivity index (χ2n) is 6.09. The fourth-order valence-corrected chi connectivity index (χ4v) is 3.31. The van der Waals surface area contributed by atoms with Gasteiger partial charge in [-0.2, -0.15) is 0 Å². The maximum absolute atomic E-state index is 11.7. The molecule has 1 heterocycles. The van der Waals surface area contributed by atoms with Crippen molar-refractivity contribution in [3.8, 4) is 0 Å². The van der Waals surface area contributed by atoms with Gasteiger partial charge in [0.15, 0.2) is 0 Å². The van der Waals surface area contributed by atoms with Crippen LogP contribution >= 0.6 is 0 Å². The molecule has 1 aliphatic carbocycles. The molecule has 1 aromatic carbocycles. The second-order valence-corrected chi connectivity index (χ2v) is 6.09. The van der Waals surface area contributed by atoms with Crippen molar-refractivity contribution in [2.24, 2.45) is 5.92 Å². The van der Waals surface area contributed by atoms with Gasteiger partial charge in [0.2, 0.25) is 0 Å². The normalized spacial score (nSPS) is 21.0. The average molecular weight is 298 g/mol. The third-order valence-corrected chi connectivity index (χ3v) is 4.69. The molecule has 0 aliphatic heterocycles. The molecule has 1 N–H and O–H groups in total. The van der Waals surface area contributed by atoms with Crippen LogP contribution in [0.4, 0.5) is 5.69 Å². The molecule has 0 saturated heterocycles. The lowest BCUT2D eigenvalue weighted by Gasteiger charge is -2.19. The topological polar surface area (TPSA) is 51.2 Å². The standard InChI is InChI=1S/C18H22N2O2/c1-11-12(2)19-16-7-5-4-6-15(16)17(11)20-14-9-8-13(10-14)18(21)22-3/h4-7,13-14H,8-10H2,1-3H3,(H,19,20)/t13-,14+/m0/s1. The highest BCUT2D eigenvalue weighted by atomic mass is 16.5. The number of pyridine rings is 1. The van der Waals surface area contributed by atoms with Crippen molar-refractivity contribution in [1.82, 2.24) is 4.98 Å². The van der Waals surface area contributed by atoms with Gasteiger partial charge < -0.3 is 10.1 Å². The largest absolute Gasteiger partial charge is 0.469 e. The van der Waals surface area contributed by atoms with Crippen LogP contribution in [-0.4, -0.2) is 24.1 Å². The van der Waals surface area contributed by atoms with E-state index in [-0.39, 0.29) is 11.9 Å². The highest BCUT2D eigenvalue weighted by molar-refractivity contribution is 5.93. The first-order valence-electron chi connectivity index (χ1n) is 7.80. The number of benzene rings is 1. The Morgan fingerprint density at radius 2 is 2.05 bits per heavy atom. The maximum Gasteiger partial charge on any atom is 0.308 e. The number of methoxy groups -OCH3 is 1. The molecule has 1 aromatic heterocycles. The maximum atomic E-state index is 11.7. The highest BCUT2D eigenvalue weighted by Gasteiger charge is 2.31.